The summed E-state index contributed by atoms with van der Waals surface area (Å²) in [7, 11) is 0. The Balaban J connectivity index is 1.80. The molecule has 0 bridgehead atoms. The summed E-state index contributed by atoms with van der Waals surface area (Å²) >= 11 is 3.37. The lowest BCUT2D eigenvalue weighted by atomic mass is 10.1. The zero-order valence-electron chi connectivity index (χ0n) is 17.3. The highest BCUT2D eigenvalue weighted by molar-refractivity contribution is 9.10. The predicted molar refractivity (Wildman–Crippen MR) is 119 cm³/mol. The van der Waals surface area contributed by atoms with E-state index in [1.54, 1.807) is 57.2 Å². The molecule has 0 fully saturated rings. The summed E-state index contributed by atoms with van der Waals surface area (Å²) in [6, 6.07) is 14.4. The van der Waals surface area contributed by atoms with Crippen molar-refractivity contribution in [1.29, 1.82) is 0 Å². The molecule has 2 aromatic carbocycles. The molecule has 2 rings (SSSR count). The van der Waals surface area contributed by atoms with Crippen molar-refractivity contribution < 1.29 is 19.1 Å². The molecule has 30 heavy (non-hydrogen) atoms. The largest absolute Gasteiger partial charge is 0.444 e. The van der Waals surface area contributed by atoms with Gasteiger partial charge in [0, 0.05) is 29.7 Å². The Hall–Kier alpha value is -2.87. The number of nitrogens with one attached hydrogen (secondary N) is 3. The highest BCUT2D eigenvalue weighted by Gasteiger charge is 2.16. The lowest BCUT2D eigenvalue weighted by molar-refractivity contribution is -0.121. The molecule has 0 aliphatic rings. The van der Waals surface area contributed by atoms with Gasteiger partial charge in [-0.3, -0.25) is 9.59 Å². The Morgan fingerprint density at radius 2 is 1.73 bits per heavy atom. The SMILES string of the molecule is CC(C)(C)OC(=O)NCCC(=O)NCc1cccc(NC(=O)c2ccccc2Br)c1. The molecule has 0 saturated carbocycles. The van der Waals surface area contributed by atoms with Crippen LogP contribution >= 0.6 is 15.9 Å². The summed E-state index contributed by atoms with van der Waals surface area (Å²) < 4.78 is 5.83. The normalized spacial score (nSPS) is 10.8. The van der Waals surface area contributed by atoms with Crippen LogP contribution in [0.3, 0.4) is 0 Å². The third kappa shape index (κ3) is 8.24. The van der Waals surface area contributed by atoms with Gasteiger partial charge in [-0.1, -0.05) is 24.3 Å². The van der Waals surface area contributed by atoms with Crippen molar-refractivity contribution in [2.24, 2.45) is 0 Å². The minimum absolute atomic E-state index is 0.137. The molecule has 160 valence electrons. The molecule has 0 heterocycles. The summed E-state index contributed by atoms with van der Waals surface area (Å²) in [6.45, 7) is 5.81. The Morgan fingerprint density at radius 1 is 1.00 bits per heavy atom. The number of halogens is 1. The average molecular weight is 476 g/mol. The van der Waals surface area contributed by atoms with Gasteiger partial charge in [-0.05, 0) is 66.5 Å². The van der Waals surface area contributed by atoms with Gasteiger partial charge in [-0.15, -0.1) is 0 Å². The van der Waals surface area contributed by atoms with E-state index in [1.807, 2.05) is 12.1 Å². The Morgan fingerprint density at radius 3 is 2.43 bits per heavy atom. The van der Waals surface area contributed by atoms with Gasteiger partial charge in [0.2, 0.25) is 5.91 Å². The van der Waals surface area contributed by atoms with Crippen LogP contribution < -0.4 is 16.0 Å². The first-order valence-corrected chi connectivity index (χ1v) is 10.3. The fourth-order valence-electron chi connectivity index (χ4n) is 2.48. The molecular weight excluding hydrogens is 450 g/mol. The summed E-state index contributed by atoms with van der Waals surface area (Å²) in [5, 5.41) is 8.19. The molecule has 3 amide bonds. The zero-order chi connectivity index (χ0) is 22.1. The number of carbonyl (C=O) groups excluding carboxylic acids is 3. The number of ether oxygens (including phenoxy) is 1. The van der Waals surface area contributed by atoms with Gasteiger partial charge in [0.1, 0.15) is 5.60 Å². The van der Waals surface area contributed by atoms with E-state index < -0.39 is 11.7 Å². The lowest BCUT2D eigenvalue weighted by Crippen LogP contribution is -2.35. The van der Waals surface area contributed by atoms with E-state index in [0.29, 0.717) is 22.3 Å². The molecule has 2 aromatic rings. The highest BCUT2D eigenvalue weighted by Crippen LogP contribution is 2.18. The average Bonchev–Trinajstić information content (AvgIpc) is 2.65. The first-order chi connectivity index (χ1) is 14.1. The fourth-order valence-corrected chi connectivity index (χ4v) is 2.95. The smallest absolute Gasteiger partial charge is 0.407 e. The number of carbonyl (C=O) groups is 3. The maximum atomic E-state index is 12.4. The van der Waals surface area contributed by atoms with Gasteiger partial charge in [-0.2, -0.15) is 0 Å². The van der Waals surface area contributed by atoms with Crippen LogP contribution in [0.1, 0.15) is 43.1 Å². The van der Waals surface area contributed by atoms with Crippen molar-refractivity contribution in [3.05, 3.63) is 64.1 Å². The number of hydrogen-bond acceptors (Lipinski definition) is 4. The van der Waals surface area contributed by atoms with Crippen molar-refractivity contribution in [1.82, 2.24) is 10.6 Å². The molecule has 0 atom stereocenters. The maximum Gasteiger partial charge on any atom is 0.407 e. The van der Waals surface area contributed by atoms with Crippen LogP contribution in [0.5, 0.6) is 0 Å². The first kappa shape index (κ1) is 23.4. The Bertz CT molecular complexity index is 909. The number of rotatable bonds is 7. The second-order valence-corrected chi connectivity index (χ2v) is 8.44. The summed E-state index contributed by atoms with van der Waals surface area (Å²) in [4.78, 5) is 36.0. The predicted octanol–water partition coefficient (Wildman–Crippen LogP) is 4.23. The molecule has 0 radical (unpaired) electrons. The third-order valence-corrected chi connectivity index (χ3v) is 4.50. The van der Waals surface area contributed by atoms with Gasteiger partial charge in [0.05, 0.1) is 5.56 Å². The molecule has 0 aliphatic heterocycles. The minimum atomic E-state index is -0.580. The van der Waals surface area contributed by atoms with Crippen LogP contribution in [0.4, 0.5) is 10.5 Å². The van der Waals surface area contributed by atoms with Gasteiger partial charge in [0.25, 0.3) is 5.91 Å². The number of benzene rings is 2. The molecule has 0 unspecified atom stereocenters. The number of hydrogen-bond donors (Lipinski definition) is 3. The second-order valence-electron chi connectivity index (χ2n) is 7.59. The molecule has 0 aromatic heterocycles. The second kappa shape index (κ2) is 10.8. The van der Waals surface area contributed by atoms with Crippen LogP contribution in [-0.2, 0) is 16.1 Å². The van der Waals surface area contributed by atoms with E-state index in [2.05, 4.69) is 31.9 Å². The van der Waals surface area contributed by atoms with E-state index in [9.17, 15) is 14.4 Å². The van der Waals surface area contributed by atoms with Crippen molar-refractivity contribution in [2.75, 3.05) is 11.9 Å². The fraction of sp³-hybridized carbons (Fsp3) is 0.318. The summed E-state index contributed by atoms with van der Waals surface area (Å²) in [5.74, 6) is -0.425. The van der Waals surface area contributed by atoms with Gasteiger partial charge in [-0.25, -0.2) is 4.79 Å². The zero-order valence-corrected chi connectivity index (χ0v) is 18.8. The molecular formula is C22H26BrN3O4. The molecule has 7 nitrogen and oxygen atoms in total. The van der Waals surface area contributed by atoms with E-state index in [4.69, 9.17) is 4.74 Å². The topological polar surface area (TPSA) is 96.5 Å². The lowest BCUT2D eigenvalue weighted by Gasteiger charge is -2.19. The highest BCUT2D eigenvalue weighted by atomic mass is 79.9. The quantitative estimate of drug-likeness (QED) is 0.557. The summed E-state index contributed by atoms with van der Waals surface area (Å²) in [5.41, 5.74) is 1.43. The molecule has 0 saturated heterocycles. The number of anilines is 1. The number of amides is 3. The standard InChI is InChI=1S/C22H26BrN3O4/c1-22(2,3)30-21(29)24-12-11-19(27)25-14-15-7-6-8-16(13-15)26-20(28)17-9-4-5-10-18(17)23/h4-10,13H,11-12,14H2,1-3H3,(H,24,29)(H,25,27)(H,26,28). The molecule has 3 N–H and O–H groups in total. The van der Waals surface area contributed by atoms with Gasteiger partial charge < -0.3 is 20.7 Å². The number of alkyl carbamates (subject to hydrolysis) is 1. The molecule has 8 heteroatoms. The first-order valence-electron chi connectivity index (χ1n) is 9.52. The third-order valence-electron chi connectivity index (χ3n) is 3.81. The maximum absolute atomic E-state index is 12.4. The van der Waals surface area contributed by atoms with Crippen LogP contribution in [0.15, 0.2) is 53.0 Å². The Labute approximate surface area is 184 Å². The van der Waals surface area contributed by atoms with Crippen molar-refractivity contribution in [2.45, 2.75) is 39.3 Å². The minimum Gasteiger partial charge on any atom is -0.444 e. The van der Waals surface area contributed by atoms with E-state index in [-0.39, 0.29) is 24.8 Å². The summed E-state index contributed by atoms with van der Waals surface area (Å²) in [6.07, 6.45) is -0.415. The Kier molecular flexibility index (Phi) is 8.41. The van der Waals surface area contributed by atoms with E-state index in [0.717, 1.165) is 5.56 Å². The van der Waals surface area contributed by atoms with Crippen LogP contribution in [0.2, 0.25) is 0 Å². The molecule has 0 spiro atoms. The van der Waals surface area contributed by atoms with Crippen molar-refractivity contribution in [3.63, 3.8) is 0 Å². The van der Waals surface area contributed by atoms with Gasteiger partial charge in [0.15, 0.2) is 0 Å². The van der Waals surface area contributed by atoms with Crippen LogP contribution in [0, 0.1) is 0 Å². The van der Waals surface area contributed by atoms with Crippen LogP contribution in [0.25, 0.3) is 0 Å². The van der Waals surface area contributed by atoms with Crippen molar-refractivity contribution >= 4 is 39.5 Å². The monoisotopic (exact) mass is 475 g/mol. The van der Waals surface area contributed by atoms with Gasteiger partial charge >= 0.3 is 6.09 Å². The molecule has 0 aliphatic carbocycles. The van der Waals surface area contributed by atoms with E-state index in [1.165, 1.54) is 0 Å². The van der Waals surface area contributed by atoms with Crippen LogP contribution in [-0.4, -0.2) is 30.1 Å². The van der Waals surface area contributed by atoms with Crippen molar-refractivity contribution in [3.8, 4) is 0 Å². The van der Waals surface area contributed by atoms with E-state index >= 15 is 0 Å².